The van der Waals surface area contributed by atoms with E-state index in [1.54, 1.807) is 0 Å². The Labute approximate surface area is 312 Å². The zero-order valence-corrected chi connectivity index (χ0v) is 31.6. The first-order valence-electron chi connectivity index (χ1n) is 20.4. The van der Waals surface area contributed by atoms with Gasteiger partial charge in [-0.05, 0) is 97.7 Å². The molecule has 3 unspecified atom stereocenters. The van der Waals surface area contributed by atoms with E-state index in [1.165, 1.54) is 0 Å². The summed E-state index contributed by atoms with van der Waals surface area (Å²) < 4.78 is 36.7. The van der Waals surface area contributed by atoms with E-state index in [0.29, 0.717) is 54.3 Å². The summed E-state index contributed by atoms with van der Waals surface area (Å²) in [4.78, 5) is 0. The van der Waals surface area contributed by atoms with E-state index >= 15 is 0 Å². The summed E-state index contributed by atoms with van der Waals surface area (Å²) in [5, 5.41) is 84.5. The molecule has 1 spiro atoms. The van der Waals surface area contributed by atoms with Crippen LogP contribution < -0.4 is 0 Å². The number of hydrogen-bond acceptors (Lipinski definition) is 14. The molecule has 0 aromatic heterocycles. The number of aliphatic hydroxyl groups is 8. The Morgan fingerprint density at radius 2 is 1.40 bits per heavy atom. The number of rotatable bonds is 6. The van der Waals surface area contributed by atoms with Crippen LogP contribution in [0.15, 0.2) is 0 Å². The van der Waals surface area contributed by atoms with Crippen molar-refractivity contribution in [3.05, 3.63) is 0 Å². The number of hydrogen-bond donors (Lipinski definition) is 8. The molecule has 0 amide bonds. The van der Waals surface area contributed by atoms with Gasteiger partial charge in [-0.25, -0.2) is 0 Å². The highest BCUT2D eigenvalue weighted by molar-refractivity contribution is 5.16. The number of ether oxygens (including phenoxy) is 6. The first kappa shape index (κ1) is 39.3. The van der Waals surface area contributed by atoms with Gasteiger partial charge in [0.05, 0.1) is 38.1 Å². The molecule has 8 rings (SSSR count). The van der Waals surface area contributed by atoms with Crippen LogP contribution in [-0.2, 0) is 28.4 Å². The Morgan fingerprint density at radius 3 is 2.09 bits per heavy atom. The maximum absolute atomic E-state index is 11.7. The lowest BCUT2D eigenvalue weighted by atomic mass is 9.44. The first-order valence-corrected chi connectivity index (χ1v) is 20.4. The smallest absolute Gasteiger partial charge is 0.187 e. The van der Waals surface area contributed by atoms with Crippen molar-refractivity contribution in [2.75, 3.05) is 19.8 Å². The molecule has 0 aromatic rings. The summed E-state index contributed by atoms with van der Waals surface area (Å²) in [5.41, 5.74) is 0.118. The van der Waals surface area contributed by atoms with Gasteiger partial charge in [-0.1, -0.05) is 27.7 Å². The largest absolute Gasteiger partial charge is 0.394 e. The summed E-state index contributed by atoms with van der Waals surface area (Å²) in [6.45, 7) is 8.96. The second kappa shape index (κ2) is 14.4. The standard InChI is InChI=1S/C39H64O14/c1-17-7-10-39(48-16-17)18(2)28-25(53-39)12-22-20-6-5-19-11-24(23(42)13-38(19,4)21(20)8-9-37(22,28)3)49-35-33(47)31(45)34(27(15-41)51-35)52-36-32(46)30(44)29(43)26(14-40)50-36/h17-36,40-47H,5-16H2,1-4H3/t17-,18?,19+,20-,21+,22+,23-,24-,25?,26-,27-,28?,29-,30+,31-,32-,33-,34+,35-,36+,37+,38+,39-/m1/s1. The Morgan fingerprint density at radius 1 is 0.698 bits per heavy atom. The van der Waals surface area contributed by atoms with Gasteiger partial charge >= 0.3 is 0 Å². The minimum atomic E-state index is -1.75. The average Bonchev–Trinajstić information content (AvgIpc) is 3.58. The highest BCUT2D eigenvalue weighted by Crippen LogP contribution is 2.71. The lowest BCUT2D eigenvalue weighted by molar-refractivity contribution is -0.366. The fourth-order valence-corrected chi connectivity index (χ4v) is 13.3. The number of aliphatic hydroxyl groups excluding tert-OH is 8. The van der Waals surface area contributed by atoms with Crippen molar-refractivity contribution in [1.82, 2.24) is 0 Å². The van der Waals surface area contributed by atoms with E-state index in [4.69, 9.17) is 28.4 Å². The van der Waals surface area contributed by atoms with E-state index in [9.17, 15) is 40.9 Å². The highest BCUT2D eigenvalue weighted by atomic mass is 16.7. The molecule has 0 bridgehead atoms. The topological polar surface area (TPSA) is 217 Å². The molecule has 23 atom stereocenters. The van der Waals surface area contributed by atoms with Crippen LogP contribution >= 0.6 is 0 Å². The van der Waals surface area contributed by atoms with Crippen LogP contribution in [0.25, 0.3) is 0 Å². The minimum absolute atomic E-state index is 0.0823. The SMILES string of the molecule is CC1C2C(C[C@H]3[C@@H]4CC[C@H]5C[C@@H](O[C@@H]6O[C@H](CO)[C@H](O[C@@H]7O[C@H](CO)[C@@H](O)[C@H](O)[C@H]7O)[C@H](O)[C@H]6O)[C@H](O)C[C@]5(C)[C@H]4CC[C@]23C)O[C@]12CC[C@@H](C)CO2. The normalized spacial score (nSPS) is 59.5. The molecule has 14 heteroatoms. The fraction of sp³-hybridized carbons (Fsp3) is 1.00. The van der Waals surface area contributed by atoms with E-state index in [1.807, 2.05) is 0 Å². The van der Waals surface area contributed by atoms with E-state index < -0.39 is 92.6 Å². The summed E-state index contributed by atoms with van der Waals surface area (Å²) in [5.74, 6) is 2.90. The van der Waals surface area contributed by atoms with Gasteiger partial charge in [0.15, 0.2) is 18.4 Å². The van der Waals surface area contributed by atoms with Crippen LogP contribution in [0.1, 0.15) is 85.5 Å². The van der Waals surface area contributed by atoms with Crippen molar-refractivity contribution in [3.63, 3.8) is 0 Å². The molecule has 4 heterocycles. The van der Waals surface area contributed by atoms with Crippen molar-refractivity contribution in [3.8, 4) is 0 Å². The molecule has 8 fully saturated rings. The molecular weight excluding hydrogens is 692 g/mol. The van der Waals surface area contributed by atoms with Crippen molar-refractivity contribution >= 4 is 0 Å². The van der Waals surface area contributed by atoms with Crippen LogP contribution in [0.2, 0.25) is 0 Å². The van der Waals surface area contributed by atoms with Gasteiger partial charge in [0.25, 0.3) is 0 Å². The van der Waals surface area contributed by atoms with E-state index in [-0.39, 0.29) is 16.9 Å². The first-order chi connectivity index (χ1) is 25.2. The highest BCUT2D eigenvalue weighted by Gasteiger charge is 2.69. The third-order valence-corrected chi connectivity index (χ3v) is 16.2. The van der Waals surface area contributed by atoms with Gasteiger partial charge in [-0.15, -0.1) is 0 Å². The zero-order valence-electron chi connectivity index (χ0n) is 31.6. The molecule has 4 saturated carbocycles. The monoisotopic (exact) mass is 756 g/mol. The quantitative estimate of drug-likeness (QED) is 0.173. The fourth-order valence-electron chi connectivity index (χ4n) is 13.3. The summed E-state index contributed by atoms with van der Waals surface area (Å²) in [7, 11) is 0. The van der Waals surface area contributed by atoms with Crippen molar-refractivity contribution < 1.29 is 69.3 Å². The molecule has 0 aromatic carbocycles. The molecule has 53 heavy (non-hydrogen) atoms. The van der Waals surface area contributed by atoms with Crippen LogP contribution in [0.4, 0.5) is 0 Å². The molecule has 14 nitrogen and oxygen atoms in total. The molecule has 4 aliphatic carbocycles. The maximum Gasteiger partial charge on any atom is 0.187 e. The van der Waals surface area contributed by atoms with Crippen molar-refractivity contribution in [2.45, 2.75) is 171 Å². The van der Waals surface area contributed by atoms with Crippen molar-refractivity contribution in [2.24, 2.45) is 52.3 Å². The predicted octanol–water partition coefficient (Wildman–Crippen LogP) is 0.413. The van der Waals surface area contributed by atoms with Gasteiger partial charge in [0.2, 0.25) is 0 Å². The second-order valence-corrected chi connectivity index (χ2v) is 18.9. The summed E-state index contributed by atoms with van der Waals surface area (Å²) in [6.07, 6.45) is -7.80. The Hall–Kier alpha value is -0.560. The zero-order chi connectivity index (χ0) is 37.8. The van der Waals surface area contributed by atoms with Crippen LogP contribution in [0.5, 0.6) is 0 Å². The molecular formula is C39H64O14. The molecule has 4 saturated heterocycles. The van der Waals surface area contributed by atoms with Crippen LogP contribution in [0.3, 0.4) is 0 Å². The Kier molecular flexibility index (Phi) is 10.6. The third-order valence-electron chi connectivity index (χ3n) is 16.2. The van der Waals surface area contributed by atoms with Crippen LogP contribution in [-0.4, -0.2) is 146 Å². The minimum Gasteiger partial charge on any atom is -0.394 e. The average molecular weight is 757 g/mol. The summed E-state index contributed by atoms with van der Waals surface area (Å²) in [6, 6.07) is 0. The Balaban J connectivity index is 0.912. The van der Waals surface area contributed by atoms with Crippen LogP contribution in [0, 0.1) is 52.3 Å². The van der Waals surface area contributed by atoms with Gasteiger partial charge in [-0.3, -0.25) is 0 Å². The Bertz CT molecular complexity index is 1290. The summed E-state index contributed by atoms with van der Waals surface area (Å²) >= 11 is 0. The second-order valence-electron chi connectivity index (χ2n) is 18.9. The molecule has 8 aliphatic rings. The maximum atomic E-state index is 11.7. The van der Waals surface area contributed by atoms with Gasteiger partial charge in [0, 0.05) is 12.3 Å². The molecule has 0 radical (unpaired) electrons. The van der Waals surface area contributed by atoms with Gasteiger partial charge in [-0.2, -0.15) is 0 Å². The molecule has 304 valence electrons. The number of fused-ring (bicyclic) bond motifs is 7. The lowest BCUT2D eigenvalue weighted by Crippen LogP contribution is -2.65. The third kappa shape index (κ3) is 6.20. The molecule has 8 N–H and O–H groups in total. The van der Waals surface area contributed by atoms with Gasteiger partial charge < -0.3 is 69.3 Å². The van der Waals surface area contributed by atoms with E-state index in [2.05, 4.69) is 27.7 Å². The predicted molar refractivity (Wildman–Crippen MR) is 184 cm³/mol. The lowest BCUT2D eigenvalue weighted by Gasteiger charge is -2.62. The van der Waals surface area contributed by atoms with Crippen molar-refractivity contribution in [1.29, 1.82) is 0 Å². The van der Waals surface area contributed by atoms with Gasteiger partial charge in [0.1, 0.15) is 48.8 Å². The molecule has 4 aliphatic heterocycles. The van der Waals surface area contributed by atoms with E-state index in [0.717, 1.165) is 51.6 Å².